The number of hydrogen-bond donors (Lipinski definition) is 0. The first-order valence-electron chi connectivity index (χ1n) is 10.2. The molecule has 0 radical (unpaired) electrons. The van der Waals surface area contributed by atoms with Gasteiger partial charge in [-0.05, 0) is 31.4 Å². The summed E-state index contributed by atoms with van der Waals surface area (Å²) in [6.45, 7) is 1.44. The van der Waals surface area contributed by atoms with Gasteiger partial charge in [-0.1, -0.05) is 0 Å². The van der Waals surface area contributed by atoms with Crippen LogP contribution in [0.2, 0.25) is 0 Å². The maximum Gasteiger partial charge on any atom is 0.229 e. The first-order valence-corrected chi connectivity index (χ1v) is 10.2. The fourth-order valence-electron chi connectivity index (χ4n) is 4.92. The second-order valence-corrected chi connectivity index (χ2v) is 8.39. The van der Waals surface area contributed by atoms with Gasteiger partial charge >= 0.3 is 0 Å². The zero-order chi connectivity index (χ0) is 20.4. The van der Waals surface area contributed by atoms with E-state index in [4.69, 9.17) is 0 Å². The van der Waals surface area contributed by atoms with E-state index in [1.807, 2.05) is 23.2 Å². The number of piperazine rings is 1. The van der Waals surface area contributed by atoms with E-state index < -0.39 is 17.9 Å². The fraction of sp³-hybridized carbons (Fsp3) is 0.429. The Bertz CT molecular complexity index is 1120. The van der Waals surface area contributed by atoms with Crippen molar-refractivity contribution in [2.45, 2.75) is 37.5 Å². The third kappa shape index (κ3) is 2.75. The van der Waals surface area contributed by atoms with Gasteiger partial charge in [-0.2, -0.15) is 5.10 Å². The molecule has 3 fully saturated rings. The molecule has 0 spiro atoms. The summed E-state index contributed by atoms with van der Waals surface area (Å²) in [5, 5.41) is 4.39. The number of hydrogen-bond acceptors (Lipinski definition) is 5. The lowest BCUT2D eigenvalue weighted by molar-refractivity contribution is -0.136. The normalized spacial score (nSPS) is 27.7. The van der Waals surface area contributed by atoms with Crippen LogP contribution >= 0.6 is 0 Å². The van der Waals surface area contributed by atoms with Crippen molar-refractivity contribution < 1.29 is 13.6 Å². The Balaban J connectivity index is 1.30. The van der Waals surface area contributed by atoms with Gasteiger partial charge in [0.05, 0.1) is 29.5 Å². The van der Waals surface area contributed by atoms with Crippen LogP contribution in [0.25, 0.3) is 16.9 Å². The van der Waals surface area contributed by atoms with Crippen LogP contribution in [0.4, 0.5) is 14.5 Å². The van der Waals surface area contributed by atoms with Gasteiger partial charge in [0.2, 0.25) is 5.91 Å². The Morgan fingerprint density at radius 3 is 2.50 bits per heavy atom. The van der Waals surface area contributed by atoms with Gasteiger partial charge in [-0.15, -0.1) is 0 Å². The van der Waals surface area contributed by atoms with Crippen LogP contribution in [-0.4, -0.2) is 61.7 Å². The average Bonchev–Trinajstić information content (AvgIpc) is 3.21. The van der Waals surface area contributed by atoms with Gasteiger partial charge in [-0.25, -0.2) is 23.3 Å². The molecule has 6 rings (SSSR count). The van der Waals surface area contributed by atoms with Crippen molar-refractivity contribution in [1.82, 2.24) is 24.5 Å². The molecule has 30 heavy (non-hydrogen) atoms. The fourth-order valence-corrected chi connectivity index (χ4v) is 4.92. The van der Waals surface area contributed by atoms with Gasteiger partial charge in [0, 0.05) is 43.1 Å². The number of rotatable bonds is 3. The smallest absolute Gasteiger partial charge is 0.229 e. The number of aromatic nitrogens is 4. The summed E-state index contributed by atoms with van der Waals surface area (Å²) in [6.07, 6.45) is 7.19. The molecule has 1 aliphatic carbocycles. The topological polar surface area (TPSA) is 66.6 Å². The van der Waals surface area contributed by atoms with Crippen LogP contribution < -0.4 is 4.90 Å². The van der Waals surface area contributed by atoms with Gasteiger partial charge in [-0.3, -0.25) is 4.79 Å². The van der Waals surface area contributed by atoms with Crippen molar-refractivity contribution in [3.05, 3.63) is 42.7 Å². The average molecular weight is 410 g/mol. The van der Waals surface area contributed by atoms with Crippen molar-refractivity contribution in [3.63, 3.8) is 0 Å². The zero-order valence-electron chi connectivity index (χ0n) is 16.2. The SMILES string of the molecule is O=C([C@@H]1C[C@H]1F)N1C2CCC1CN(c1ccnn3cc(-c4ncc(F)cn4)cc13)C2. The highest BCUT2D eigenvalue weighted by molar-refractivity contribution is 5.84. The maximum atomic E-state index is 13.4. The summed E-state index contributed by atoms with van der Waals surface area (Å²) in [5.74, 6) is -0.466. The number of nitrogens with zero attached hydrogens (tertiary/aromatic N) is 6. The number of fused-ring (bicyclic) bond motifs is 3. The Hall–Kier alpha value is -3.10. The van der Waals surface area contributed by atoms with E-state index in [-0.39, 0.29) is 18.0 Å². The van der Waals surface area contributed by atoms with Crippen molar-refractivity contribution in [2.24, 2.45) is 5.92 Å². The molecule has 3 aliphatic rings. The standard InChI is InChI=1S/C21H20F2N6O/c22-13-7-24-20(25-8-13)12-5-19-18(3-4-26-28(19)9-12)27-10-14-1-2-15(11-27)29(14)21(30)16-6-17(16)23/h3-5,7-9,14-17H,1-2,6,10-11H2/t14?,15?,16-,17-/m1/s1. The Morgan fingerprint density at radius 2 is 1.83 bits per heavy atom. The molecule has 154 valence electrons. The second kappa shape index (κ2) is 6.45. The molecule has 2 aliphatic heterocycles. The third-order valence-electron chi connectivity index (χ3n) is 6.47. The third-order valence-corrected chi connectivity index (χ3v) is 6.47. The number of amides is 1. The first-order chi connectivity index (χ1) is 14.6. The molecule has 2 bridgehead atoms. The molecule has 2 saturated heterocycles. The molecule has 5 heterocycles. The molecule has 7 nitrogen and oxygen atoms in total. The van der Waals surface area contributed by atoms with E-state index in [2.05, 4.69) is 20.0 Å². The maximum absolute atomic E-state index is 13.4. The van der Waals surface area contributed by atoms with E-state index in [0.717, 1.165) is 55.1 Å². The number of halogens is 2. The number of alkyl halides is 1. The number of carbonyl (C=O) groups excluding carboxylic acids is 1. The Labute approximate surface area is 171 Å². The summed E-state index contributed by atoms with van der Waals surface area (Å²) in [5.41, 5.74) is 2.69. The second-order valence-electron chi connectivity index (χ2n) is 8.39. The molecule has 3 aromatic rings. The lowest BCUT2D eigenvalue weighted by Crippen LogP contribution is -2.56. The highest BCUT2D eigenvalue weighted by Gasteiger charge is 2.51. The summed E-state index contributed by atoms with van der Waals surface area (Å²) in [4.78, 5) is 25.1. The highest BCUT2D eigenvalue weighted by Crippen LogP contribution is 2.41. The van der Waals surface area contributed by atoms with Gasteiger partial charge < -0.3 is 9.80 Å². The highest BCUT2D eigenvalue weighted by atomic mass is 19.1. The van der Waals surface area contributed by atoms with Crippen molar-refractivity contribution in [1.29, 1.82) is 0 Å². The van der Waals surface area contributed by atoms with Crippen LogP contribution in [0, 0.1) is 11.7 Å². The molecular formula is C21H20F2N6O. The minimum Gasteiger partial charge on any atom is -0.366 e. The summed E-state index contributed by atoms with van der Waals surface area (Å²) < 4.78 is 28.4. The molecule has 1 saturated carbocycles. The van der Waals surface area contributed by atoms with Crippen molar-refractivity contribution >= 4 is 17.1 Å². The lowest BCUT2D eigenvalue weighted by Gasteiger charge is -2.42. The van der Waals surface area contributed by atoms with E-state index in [1.54, 1.807) is 10.7 Å². The van der Waals surface area contributed by atoms with E-state index >= 15 is 0 Å². The molecule has 0 N–H and O–H groups in total. The van der Waals surface area contributed by atoms with Crippen LogP contribution in [0.5, 0.6) is 0 Å². The quantitative estimate of drug-likeness (QED) is 0.664. The molecule has 1 amide bonds. The van der Waals surface area contributed by atoms with E-state index in [9.17, 15) is 13.6 Å². The lowest BCUT2D eigenvalue weighted by atomic mass is 10.1. The molecule has 3 aromatic heterocycles. The minimum atomic E-state index is -0.956. The van der Waals surface area contributed by atoms with Crippen LogP contribution in [0.15, 0.2) is 36.9 Å². The summed E-state index contributed by atoms with van der Waals surface area (Å²) in [7, 11) is 0. The van der Waals surface area contributed by atoms with Crippen LogP contribution in [-0.2, 0) is 4.79 Å². The summed E-state index contributed by atoms with van der Waals surface area (Å²) in [6, 6.07) is 4.16. The predicted octanol–water partition coefficient (Wildman–Crippen LogP) is 2.47. The first kappa shape index (κ1) is 17.7. The Morgan fingerprint density at radius 1 is 1.13 bits per heavy atom. The van der Waals surface area contributed by atoms with Crippen molar-refractivity contribution in [3.8, 4) is 11.4 Å². The monoisotopic (exact) mass is 410 g/mol. The van der Waals surface area contributed by atoms with Gasteiger partial charge in [0.1, 0.15) is 6.17 Å². The largest absolute Gasteiger partial charge is 0.366 e. The van der Waals surface area contributed by atoms with E-state index in [1.165, 1.54) is 0 Å². The van der Waals surface area contributed by atoms with Crippen LogP contribution in [0.1, 0.15) is 19.3 Å². The van der Waals surface area contributed by atoms with Gasteiger partial charge in [0.15, 0.2) is 11.6 Å². The number of anilines is 1. The molecular weight excluding hydrogens is 390 g/mol. The molecule has 4 atom stereocenters. The zero-order valence-corrected chi connectivity index (χ0v) is 16.2. The molecule has 0 aromatic carbocycles. The predicted molar refractivity (Wildman–Crippen MR) is 105 cm³/mol. The van der Waals surface area contributed by atoms with Gasteiger partial charge in [0.25, 0.3) is 0 Å². The number of carbonyl (C=O) groups is 1. The minimum absolute atomic E-state index is 0.00652. The molecule has 9 heteroatoms. The van der Waals surface area contributed by atoms with E-state index in [0.29, 0.717) is 12.2 Å². The molecule has 2 unspecified atom stereocenters. The summed E-state index contributed by atoms with van der Waals surface area (Å²) >= 11 is 0. The van der Waals surface area contributed by atoms with Crippen LogP contribution in [0.3, 0.4) is 0 Å². The van der Waals surface area contributed by atoms with Crippen molar-refractivity contribution in [2.75, 3.05) is 18.0 Å². The Kier molecular flexibility index (Phi) is 3.81.